The molecule has 0 aromatic heterocycles. The van der Waals surface area contributed by atoms with Crippen molar-refractivity contribution >= 4 is 23.5 Å². The highest BCUT2D eigenvalue weighted by molar-refractivity contribution is 6.22. The van der Waals surface area contributed by atoms with Crippen LogP contribution >= 0.6 is 0 Å². The third-order valence-electron chi connectivity index (χ3n) is 5.73. The van der Waals surface area contributed by atoms with Crippen LogP contribution in [-0.2, 0) is 14.3 Å². The Morgan fingerprint density at radius 2 is 1.61 bits per heavy atom. The number of nitrogens with zero attached hydrogens (tertiary/aromatic N) is 1. The van der Waals surface area contributed by atoms with Gasteiger partial charge in [0, 0.05) is 0 Å². The predicted octanol–water partition coefficient (Wildman–Crippen LogP) is 4.28. The van der Waals surface area contributed by atoms with E-state index in [1.165, 1.54) is 4.90 Å². The number of benzene rings is 2. The van der Waals surface area contributed by atoms with Crippen molar-refractivity contribution in [2.45, 2.75) is 38.7 Å². The summed E-state index contributed by atoms with van der Waals surface area (Å²) in [6.07, 6.45) is 3.11. The molecule has 1 aliphatic carbocycles. The first kappa shape index (κ1) is 18.4. The van der Waals surface area contributed by atoms with Crippen molar-refractivity contribution < 1.29 is 19.1 Å². The second-order valence-electron chi connectivity index (χ2n) is 7.52. The van der Waals surface area contributed by atoms with Gasteiger partial charge >= 0.3 is 5.97 Å². The molecule has 0 unspecified atom stereocenters. The number of hydrogen-bond donors (Lipinski definition) is 0. The Bertz CT molecular complexity index is 884. The molecular formula is C23H23NO4. The largest absolute Gasteiger partial charge is 0.454 e. The van der Waals surface area contributed by atoms with Crippen LogP contribution in [0.15, 0.2) is 54.6 Å². The van der Waals surface area contributed by atoms with E-state index >= 15 is 0 Å². The number of rotatable bonds is 4. The maximum Gasteiger partial charge on any atom is 0.338 e. The van der Waals surface area contributed by atoms with Gasteiger partial charge in [-0.2, -0.15) is 0 Å². The molecule has 1 saturated carbocycles. The van der Waals surface area contributed by atoms with Gasteiger partial charge in [-0.3, -0.25) is 14.5 Å². The van der Waals surface area contributed by atoms with Crippen molar-refractivity contribution in [3.05, 3.63) is 65.7 Å². The van der Waals surface area contributed by atoms with Crippen molar-refractivity contribution in [1.29, 1.82) is 0 Å². The average molecular weight is 377 g/mol. The first-order chi connectivity index (χ1) is 13.6. The van der Waals surface area contributed by atoms with E-state index in [0.29, 0.717) is 11.3 Å². The Balaban J connectivity index is 1.54. The lowest BCUT2D eigenvalue weighted by Crippen LogP contribution is -2.31. The third kappa shape index (κ3) is 3.33. The van der Waals surface area contributed by atoms with Gasteiger partial charge in [-0.15, -0.1) is 0 Å². The molecule has 28 heavy (non-hydrogen) atoms. The third-order valence-corrected chi connectivity index (χ3v) is 5.73. The summed E-state index contributed by atoms with van der Waals surface area (Å²) in [7, 11) is 0. The highest BCUT2D eigenvalue weighted by Crippen LogP contribution is 2.40. The van der Waals surface area contributed by atoms with Gasteiger partial charge in [0.05, 0.1) is 23.1 Å². The lowest BCUT2D eigenvalue weighted by molar-refractivity contribution is -0.122. The van der Waals surface area contributed by atoms with Crippen molar-refractivity contribution in [3.63, 3.8) is 0 Å². The summed E-state index contributed by atoms with van der Waals surface area (Å²) in [6, 6.07) is 16.1. The first-order valence-electron chi connectivity index (χ1n) is 9.80. The molecule has 1 aliphatic heterocycles. The van der Waals surface area contributed by atoms with Gasteiger partial charge in [-0.25, -0.2) is 4.79 Å². The van der Waals surface area contributed by atoms with Gasteiger partial charge < -0.3 is 4.74 Å². The molecule has 0 bridgehead atoms. The van der Waals surface area contributed by atoms with Crippen LogP contribution in [0.3, 0.4) is 0 Å². The van der Waals surface area contributed by atoms with Crippen molar-refractivity contribution in [2.24, 2.45) is 11.8 Å². The maximum absolute atomic E-state index is 12.8. The van der Waals surface area contributed by atoms with Crippen LogP contribution in [-0.4, -0.2) is 17.8 Å². The van der Waals surface area contributed by atoms with E-state index in [-0.39, 0.29) is 23.7 Å². The number of carbonyl (C=O) groups is 3. The molecule has 4 rings (SSSR count). The normalized spacial score (nSPS) is 22.7. The predicted molar refractivity (Wildman–Crippen MR) is 105 cm³/mol. The number of esters is 1. The monoisotopic (exact) mass is 377 g/mol. The average Bonchev–Trinajstić information content (AvgIpc) is 2.99. The number of carbonyl (C=O) groups excluding carboxylic acids is 3. The number of imide groups is 1. The van der Waals surface area contributed by atoms with Crippen molar-refractivity contribution in [2.75, 3.05) is 4.90 Å². The smallest absolute Gasteiger partial charge is 0.338 e. The zero-order valence-electron chi connectivity index (χ0n) is 15.8. The molecule has 2 amide bonds. The number of anilines is 1. The lowest BCUT2D eigenvalue weighted by Gasteiger charge is -2.19. The summed E-state index contributed by atoms with van der Waals surface area (Å²) in [4.78, 5) is 39.4. The second-order valence-corrected chi connectivity index (χ2v) is 7.52. The number of amides is 2. The van der Waals surface area contributed by atoms with Crippen LogP contribution < -0.4 is 4.90 Å². The molecule has 2 aromatic carbocycles. The highest BCUT2D eigenvalue weighted by Gasteiger charge is 2.48. The van der Waals surface area contributed by atoms with Crippen LogP contribution in [0.4, 0.5) is 5.69 Å². The van der Waals surface area contributed by atoms with Crippen LogP contribution in [0.2, 0.25) is 0 Å². The standard InChI is InChI=1S/C23H23NO4/c1-15(16-8-3-2-4-9-16)28-23(27)17-10-7-11-18(14-17)24-21(25)19-12-5-6-13-20(19)22(24)26/h2-4,7-11,14-15,19-20H,5-6,12-13H2,1H3/t15-,19+,20+/m1/s1. The quantitative estimate of drug-likeness (QED) is 0.589. The summed E-state index contributed by atoms with van der Waals surface area (Å²) in [5.41, 5.74) is 1.68. The molecule has 1 heterocycles. The zero-order chi connectivity index (χ0) is 19.7. The summed E-state index contributed by atoms with van der Waals surface area (Å²) in [5, 5.41) is 0. The summed E-state index contributed by atoms with van der Waals surface area (Å²) >= 11 is 0. The second kappa shape index (κ2) is 7.58. The van der Waals surface area contributed by atoms with Gasteiger partial charge in [0.2, 0.25) is 11.8 Å². The minimum atomic E-state index is -0.477. The molecule has 2 aromatic rings. The van der Waals surface area contributed by atoms with E-state index in [1.54, 1.807) is 24.3 Å². The molecule has 2 aliphatic rings. The molecule has 0 spiro atoms. The molecule has 3 atom stereocenters. The van der Waals surface area contributed by atoms with Crippen LogP contribution in [0, 0.1) is 11.8 Å². The van der Waals surface area contributed by atoms with E-state index in [1.807, 2.05) is 37.3 Å². The fourth-order valence-corrected chi connectivity index (χ4v) is 4.21. The Hall–Kier alpha value is -2.95. The number of hydrogen-bond acceptors (Lipinski definition) is 4. The minimum absolute atomic E-state index is 0.141. The van der Waals surface area contributed by atoms with E-state index in [0.717, 1.165) is 31.2 Å². The molecule has 0 radical (unpaired) electrons. The molecule has 1 saturated heterocycles. The van der Waals surface area contributed by atoms with Crippen LogP contribution in [0.25, 0.3) is 0 Å². The van der Waals surface area contributed by atoms with Crippen molar-refractivity contribution in [1.82, 2.24) is 0 Å². The fourth-order valence-electron chi connectivity index (χ4n) is 4.21. The van der Waals surface area contributed by atoms with E-state index < -0.39 is 12.1 Å². The van der Waals surface area contributed by atoms with E-state index in [2.05, 4.69) is 0 Å². The van der Waals surface area contributed by atoms with Crippen molar-refractivity contribution in [3.8, 4) is 0 Å². The molecule has 144 valence electrons. The zero-order valence-corrected chi connectivity index (χ0v) is 15.8. The molecule has 2 fully saturated rings. The first-order valence-corrected chi connectivity index (χ1v) is 9.80. The molecule has 5 heteroatoms. The van der Waals surface area contributed by atoms with E-state index in [9.17, 15) is 14.4 Å². The Kier molecular flexibility index (Phi) is 4.99. The van der Waals surface area contributed by atoms with Gasteiger partial charge in [0.25, 0.3) is 0 Å². The van der Waals surface area contributed by atoms with Crippen LogP contribution in [0.1, 0.15) is 54.6 Å². The minimum Gasteiger partial charge on any atom is -0.454 e. The topological polar surface area (TPSA) is 63.7 Å². The Morgan fingerprint density at radius 3 is 2.25 bits per heavy atom. The summed E-state index contributed by atoms with van der Waals surface area (Å²) < 4.78 is 5.56. The molecule has 5 nitrogen and oxygen atoms in total. The Labute approximate surface area is 164 Å². The molecular weight excluding hydrogens is 354 g/mol. The van der Waals surface area contributed by atoms with Crippen LogP contribution in [0.5, 0.6) is 0 Å². The maximum atomic E-state index is 12.8. The fraction of sp³-hybridized carbons (Fsp3) is 0.348. The summed E-state index contributed by atoms with van der Waals surface area (Å²) in [5.74, 6) is -1.18. The number of fused-ring (bicyclic) bond motifs is 1. The van der Waals surface area contributed by atoms with Gasteiger partial charge in [0.15, 0.2) is 0 Å². The number of ether oxygens (including phenoxy) is 1. The van der Waals surface area contributed by atoms with Gasteiger partial charge in [0.1, 0.15) is 6.10 Å². The van der Waals surface area contributed by atoms with Gasteiger partial charge in [-0.05, 0) is 43.5 Å². The summed E-state index contributed by atoms with van der Waals surface area (Å²) in [6.45, 7) is 1.81. The SMILES string of the molecule is C[C@@H](OC(=O)c1cccc(N2C(=O)[C@H]3CCCC[C@@H]3C2=O)c1)c1ccccc1. The highest BCUT2D eigenvalue weighted by atomic mass is 16.5. The lowest BCUT2D eigenvalue weighted by atomic mass is 9.81. The molecule has 0 N–H and O–H groups in total. The van der Waals surface area contributed by atoms with Gasteiger partial charge in [-0.1, -0.05) is 49.2 Å². The Morgan fingerprint density at radius 1 is 0.964 bits per heavy atom. The van der Waals surface area contributed by atoms with E-state index in [4.69, 9.17) is 4.74 Å².